The average molecular weight is 241 g/mol. The molecular formula is C12H17ClN2O. The van der Waals surface area contributed by atoms with Crippen molar-refractivity contribution in [3.8, 4) is 0 Å². The van der Waals surface area contributed by atoms with Crippen LogP contribution in [0.15, 0.2) is 18.3 Å². The fraction of sp³-hybridized carbons (Fsp3) is 0.583. The van der Waals surface area contributed by atoms with Gasteiger partial charge >= 0.3 is 0 Å². The fourth-order valence-electron chi connectivity index (χ4n) is 1.99. The van der Waals surface area contributed by atoms with Crippen LogP contribution in [0.1, 0.15) is 25.7 Å². The van der Waals surface area contributed by atoms with E-state index in [1.165, 1.54) is 25.7 Å². The van der Waals surface area contributed by atoms with Crippen molar-refractivity contribution < 1.29 is 4.74 Å². The van der Waals surface area contributed by atoms with Gasteiger partial charge in [-0.15, -0.1) is 0 Å². The fourth-order valence-corrected chi connectivity index (χ4v) is 2.16. The summed E-state index contributed by atoms with van der Waals surface area (Å²) in [5, 5.41) is 3.78. The number of halogens is 1. The van der Waals surface area contributed by atoms with Crippen LogP contribution in [0.3, 0.4) is 0 Å². The highest BCUT2D eigenvalue weighted by atomic mass is 35.5. The largest absolute Gasteiger partial charge is 0.383 e. The lowest BCUT2D eigenvalue weighted by molar-refractivity contribution is 0.0659. The highest BCUT2D eigenvalue weighted by Crippen LogP contribution is 2.20. The molecule has 0 aliphatic heterocycles. The molecular weight excluding hydrogens is 224 g/mol. The Morgan fingerprint density at radius 1 is 1.44 bits per heavy atom. The van der Waals surface area contributed by atoms with Gasteiger partial charge in [-0.05, 0) is 25.0 Å². The number of rotatable bonds is 5. The van der Waals surface area contributed by atoms with Crippen LogP contribution in [-0.2, 0) is 4.74 Å². The summed E-state index contributed by atoms with van der Waals surface area (Å²) >= 11 is 5.78. The van der Waals surface area contributed by atoms with Gasteiger partial charge in [-0.25, -0.2) is 4.98 Å². The minimum atomic E-state index is 0.489. The van der Waals surface area contributed by atoms with Crippen LogP contribution in [0.25, 0.3) is 0 Å². The van der Waals surface area contributed by atoms with E-state index in [9.17, 15) is 0 Å². The summed E-state index contributed by atoms with van der Waals surface area (Å²) < 4.78 is 5.74. The predicted molar refractivity (Wildman–Crippen MR) is 65.9 cm³/mol. The van der Waals surface area contributed by atoms with Gasteiger partial charge < -0.3 is 10.1 Å². The minimum absolute atomic E-state index is 0.489. The van der Waals surface area contributed by atoms with Gasteiger partial charge in [0.15, 0.2) is 0 Å². The van der Waals surface area contributed by atoms with Crippen molar-refractivity contribution >= 4 is 17.3 Å². The van der Waals surface area contributed by atoms with Crippen LogP contribution in [-0.4, -0.2) is 24.2 Å². The summed E-state index contributed by atoms with van der Waals surface area (Å²) in [6, 6.07) is 3.72. The SMILES string of the molecule is Clc1cc(NCCOC2CCCC2)ccn1. The van der Waals surface area contributed by atoms with Crippen molar-refractivity contribution in [1.82, 2.24) is 4.98 Å². The second-order valence-electron chi connectivity index (χ2n) is 4.07. The van der Waals surface area contributed by atoms with Crippen molar-refractivity contribution in [2.75, 3.05) is 18.5 Å². The number of nitrogens with one attached hydrogen (secondary N) is 1. The lowest BCUT2D eigenvalue weighted by Gasteiger charge is -2.12. The molecule has 0 radical (unpaired) electrons. The summed E-state index contributed by atoms with van der Waals surface area (Å²) in [5.41, 5.74) is 0.995. The first-order valence-corrected chi connectivity index (χ1v) is 6.19. The molecule has 0 bridgehead atoms. The molecule has 1 heterocycles. The molecule has 0 amide bonds. The molecule has 1 aromatic heterocycles. The normalized spacial score (nSPS) is 16.6. The smallest absolute Gasteiger partial charge is 0.131 e. The highest BCUT2D eigenvalue weighted by Gasteiger charge is 2.14. The van der Waals surface area contributed by atoms with E-state index in [1.807, 2.05) is 12.1 Å². The maximum absolute atomic E-state index is 5.78. The van der Waals surface area contributed by atoms with Gasteiger partial charge in [0.05, 0.1) is 12.7 Å². The standard InChI is InChI=1S/C12H17ClN2O/c13-12-9-10(5-6-15-12)14-7-8-16-11-3-1-2-4-11/h5-6,9,11H,1-4,7-8H2,(H,14,15). The first-order valence-electron chi connectivity index (χ1n) is 5.81. The molecule has 2 rings (SSSR count). The number of hydrogen-bond acceptors (Lipinski definition) is 3. The summed E-state index contributed by atoms with van der Waals surface area (Å²) in [6.07, 6.45) is 7.27. The van der Waals surface area contributed by atoms with Gasteiger partial charge in [0, 0.05) is 18.4 Å². The van der Waals surface area contributed by atoms with Crippen molar-refractivity contribution in [2.45, 2.75) is 31.8 Å². The second-order valence-corrected chi connectivity index (χ2v) is 4.46. The second kappa shape index (κ2) is 6.06. The van der Waals surface area contributed by atoms with Crippen LogP contribution in [0.2, 0.25) is 5.15 Å². The zero-order valence-electron chi connectivity index (χ0n) is 9.29. The van der Waals surface area contributed by atoms with Gasteiger partial charge in [0.2, 0.25) is 0 Å². The van der Waals surface area contributed by atoms with E-state index < -0.39 is 0 Å². The van der Waals surface area contributed by atoms with Crippen molar-refractivity contribution in [3.05, 3.63) is 23.5 Å². The van der Waals surface area contributed by atoms with Crippen molar-refractivity contribution in [1.29, 1.82) is 0 Å². The molecule has 1 N–H and O–H groups in total. The lowest BCUT2D eigenvalue weighted by Crippen LogP contribution is -2.15. The summed E-state index contributed by atoms with van der Waals surface area (Å²) in [4.78, 5) is 3.93. The first kappa shape index (κ1) is 11.7. The molecule has 1 aliphatic carbocycles. The Labute approximate surface area is 101 Å². The Bertz CT molecular complexity index is 327. The van der Waals surface area contributed by atoms with Crippen molar-refractivity contribution in [2.24, 2.45) is 0 Å². The van der Waals surface area contributed by atoms with E-state index in [4.69, 9.17) is 16.3 Å². The van der Waals surface area contributed by atoms with E-state index in [1.54, 1.807) is 6.20 Å². The topological polar surface area (TPSA) is 34.1 Å². The molecule has 1 aromatic rings. The van der Waals surface area contributed by atoms with E-state index in [-0.39, 0.29) is 0 Å². The summed E-state index contributed by atoms with van der Waals surface area (Å²) in [7, 11) is 0. The zero-order chi connectivity index (χ0) is 11.2. The number of nitrogens with zero attached hydrogens (tertiary/aromatic N) is 1. The molecule has 88 valence electrons. The van der Waals surface area contributed by atoms with Crippen LogP contribution < -0.4 is 5.32 Å². The molecule has 1 saturated carbocycles. The molecule has 0 unspecified atom stereocenters. The maximum Gasteiger partial charge on any atom is 0.131 e. The summed E-state index contributed by atoms with van der Waals surface area (Å²) in [5.74, 6) is 0. The number of anilines is 1. The predicted octanol–water partition coefficient (Wildman–Crippen LogP) is 3.11. The number of ether oxygens (including phenoxy) is 1. The van der Waals surface area contributed by atoms with Gasteiger partial charge in [-0.2, -0.15) is 0 Å². The van der Waals surface area contributed by atoms with Gasteiger partial charge in [0.1, 0.15) is 5.15 Å². The molecule has 3 nitrogen and oxygen atoms in total. The Balaban J connectivity index is 1.64. The molecule has 4 heteroatoms. The quantitative estimate of drug-likeness (QED) is 0.634. The van der Waals surface area contributed by atoms with E-state index in [0.717, 1.165) is 18.8 Å². The van der Waals surface area contributed by atoms with Crippen LogP contribution in [0.5, 0.6) is 0 Å². The monoisotopic (exact) mass is 240 g/mol. The Kier molecular flexibility index (Phi) is 4.43. The minimum Gasteiger partial charge on any atom is -0.383 e. The third-order valence-electron chi connectivity index (χ3n) is 2.81. The highest BCUT2D eigenvalue weighted by molar-refractivity contribution is 6.29. The lowest BCUT2D eigenvalue weighted by atomic mass is 10.3. The summed E-state index contributed by atoms with van der Waals surface area (Å²) in [6.45, 7) is 1.57. The maximum atomic E-state index is 5.78. The molecule has 0 atom stereocenters. The van der Waals surface area contributed by atoms with Gasteiger partial charge in [0.25, 0.3) is 0 Å². The molecule has 1 fully saturated rings. The first-order chi connectivity index (χ1) is 7.84. The van der Waals surface area contributed by atoms with E-state index >= 15 is 0 Å². The molecule has 0 saturated heterocycles. The Hall–Kier alpha value is -0.800. The third-order valence-corrected chi connectivity index (χ3v) is 3.02. The molecule has 0 spiro atoms. The Morgan fingerprint density at radius 2 is 2.25 bits per heavy atom. The van der Waals surface area contributed by atoms with Crippen LogP contribution >= 0.6 is 11.6 Å². The average Bonchev–Trinajstić information content (AvgIpc) is 2.77. The van der Waals surface area contributed by atoms with Crippen molar-refractivity contribution in [3.63, 3.8) is 0 Å². The number of pyridine rings is 1. The molecule has 0 aromatic carbocycles. The third kappa shape index (κ3) is 3.65. The zero-order valence-corrected chi connectivity index (χ0v) is 10.0. The molecule has 16 heavy (non-hydrogen) atoms. The van der Waals surface area contributed by atoms with Crippen LogP contribution in [0, 0.1) is 0 Å². The van der Waals surface area contributed by atoms with E-state index in [2.05, 4.69) is 10.3 Å². The Morgan fingerprint density at radius 3 is 3.00 bits per heavy atom. The van der Waals surface area contributed by atoms with Crippen LogP contribution in [0.4, 0.5) is 5.69 Å². The molecule has 1 aliphatic rings. The number of hydrogen-bond donors (Lipinski definition) is 1. The van der Waals surface area contributed by atoms with Gasteiger partial charge in [-0.3, -0.25) is 0 Å². The number of aromatic nitrogens is 1. The van der Waals surface area contributed by atoms with Gasteiger partial charge in [-0.1, -0.05) is 24.4 Å². The van der Waals surface area contributed by atoms with E-state index in [0.29, 0.717) is 11.3 Å².